The van der Waals surface area contributed by atoms with Crippen LogP contribution in [0.25, 0.3) is 0 Å². The minimum atomic E-state index is -3.43. The molecule has 3 nitrogen and oxygen atoms in total. The second-order valence-electron chi connectivity index (χ2n) is 4.76. The standard InChI is InChI=1S/C15H15Cl2NO2S/c1-11(13-7-8-14(16)15(17)9-13)18-21(19,20)10-12-5-3-2-4-6-12/h2-9,11,18H,10H2,1H3. The fourth-order valence-corrected chi connectivity index (χ4v) is 3.65. The second kappa shape index (κ2) is 6.79. The van der Waals surface area contributed by atoms with Crippen LogP contribution >= 0.6 is 23.2 Å². The number of hydrogen-bond acceptors (Lipinski definition) is 2. The first-order valence-corrected chi connectivity index (χ1v) is 8.77. The van der Waals surface area contributed by atoms with E-state index < -0.39 is 10.0 Å². The smallest absolute Gasteiger partial charge is 0.212 e. The highest BCUT2D eigenvalue weighted by Gasteiger charge is 2.17. The molecule has 1 unspecified atom stereocenters. The minimum absolute atomic E-state index is 0.0560. The fraction of sp³-hybridized carbons (Fsp3) is 0.200. The van der Waals surface area contributed by atoms with Crippen LogP contribution in [0, 0.1) is 0 Å². The zero-order valence-corrected chi connectivity index (χ0v) is 13.7. The van der Waals surface area contributed by atoms with Gasteiger partial charge in [0, 0.05) is 6.04 Å². The van der Waals surface area contributed by atoms with Crippen molar-refractivity contribution in [1.29, 1.82) is 0 Å². The maximum atomic E-state index is 12.2. The Labute approximate surface area is 135 Å². The summed E-state index contributed by atoms with van der Waals surface area (Å²) in [5, 5.41) is 0.850. The summed E-state index contributed by atoms with van der Waals surface area (Å²) in [6.07, 6.45) is 0. The Morgan fingerprint density at radius 2 is 1.71 bits per heavy atom. The van der Waals surface area contributed by atoms with E-state index in [2.05, 4.69) is 4.72 Å². The maximum Gasteiger partial charge on any atom is 0.216 e. The van der Waals surface area contributed by atoms with Crippen molar-refractivity contribution in [3.05, 3.63) is 69.7 Å². The molecule has 0 saturated heterocycles. The Hall–Kier alpha value is -1.07. The Morgan fingerprint density at radius 3 is 2.33 bits per heavy atom. The number of benzene rings is 2. The van der Waals surface area contributed by atoms with E-state index in [-0.39, 0.29) is 11.8 Å². The monoisotopic (exact) mass is 343 g/mol. The Morgan fingerprint density at radius 1 is 1.05 bits per heavy atom. The van der Waals surface area contributed by atoms with Gasteiger partial charge in [0.2, 0.25) is 10.0 Å². The van der Waals surface area contributed by atoms with Gasteiger partial charge in [0.25, 0.3) is 0 Å². The average molecular weight is 344 g/mol. The van der Waals surface area contributed by atoms with Gasteiger partial charge in [-0.25, -0.2) is 13.1 Å². The molecular weight excluding hydrogens is 329 g/mol. The topological polar surface area (TPSA) is 46.2 Å². The molecule has 2 aromatic rings. The summed E-state index contributed by atoms with van der Waals surface area (Å²) in [6.45, 7) is 1.77. The van der Waals surface area contributed by atoms with E-state index in [9.17, 15) is 8.42 Å². The van der Waals surface area contributed by atoms with E-state index in [0.717, 1.165) is 11.1 Å². The molecule has 0 aliphatic heterocycles. The predicted molar refractivity (Wildman–Crippen MR) is 87.1 cm³/mol. The van der Waals surface area contributed by atoms with E-state index in [0.29, 0.717) is 10.0 Å². The van der Waals surface area contributed by atoms with Gasteiger partial charge in [0.1, 0.15) is 0 Å². The molecule has 0 radical (unpaired) electrons. The van der Waals surface area contributed by atoms with Gasteiger partial charge in [-0.15, -0.1) is 0 Å². The van der Waals surface area contributed by atoms with Crippen molar-refractivity contribution in [3.8, 4) is 0 Å². The van der Waals surface area contributed by atoms with Crippen LogP contribution in [0.15, 0.2) is 48.5 Å². The van der Waals surface area contributed by atoms with Crippen LogP contribution in [0.5, 0.6) is 0 Å². The van der Waals surface area contributed by atoms with Crippen molar-refractivity contribution in [2.75, 3.05) is 0 Å². The van der Waals surface area contributed by atoms with E-state index >= 15 is 0 Å². The summed E-state index contributed by atoms with van der Waals surface area (Å²) in [6, 6.07) is 13.7. The molecule has 1 N–H and O–H groups in total. The van der Waals surface area contributed by atoms with E-state index in [1.165, 1.54) is 0 Å². The molecule has 0 aromatic heterocycles. The molecule has 21 heavy (non-hydrogen) atoms. The summed E-state index contributed by atoms with van der Waals surface area (Å²) >= 11 is 11.8. The van der Waals surface area contributed by atoms with Crippen molar-refractivity contribution in [2.24, 2.45) is 0 Å². The fourth-order valence-electron chi connectivity index (χ4n) is 1.95. The first-order valence-electron chi connectivity index (χ1n) is 6.36. The van der Waals surface area contributed by atoms with Crippen molar-refractivity contribution in [1.82, 2.24) is 4.72 Å². The van der Waals surface area contributed by atoms with Crippen LogP contribution in [-0.2, 0) is 15.8 Å². The highest BCUT2D eigenvalue weighted by molar-refractivity contribution is 7.88. The van der Waals surface area contributed by atoms with Crippen LogP contribution < -0.4 is 4.72 Å². The first kappa shape index (κ1) is 16.3. The van der Waals surface area contributed by atoms with Gasteiger partial charge >= 0.3 is 0 Å². The van der Waals surface area contributed by atoms with Crippen LogP contribution in [0.3, 0.4) is 0 Å². The summed E-state index contributed by atoms with van der Waals surface area (Å²) in [5.74, 6) is -0.0560. The molecule has 112 valence electrons. The lowest BCUT2D eigenvalue weighted by molar-refractivity contribution is 0.566. The van der Waals surface area contributed by atoms with Crippen LogP contribution in [0.2, 0.25) is 10.0 Å². The third-order valence-corrected chi connectivity index (χ3v) is 5.16. The molecule has 0 aliphatic carbocycles. The van der Waals surface area contributed by atoms with Crippen LogP contribution in [0.4, 0.5) is 0 Å². The number of nitrogens with one attached hydrogen (secondary N) is 1. The lowest BCUT2D eigenvalue weighted by Gasteiger charge is -2.15. The van der Waals surface area contributed by atoms with Crippen LogP contribution in [-0.4, -0.2) is 8.42 Å². The van der Waals surface area contributed by atoms with E-state index in [4.69, 9.17) is 23.2 Å². The van der Waals surface area contributed by atoms with Gasteiger partial charge in [-0.05, 0) is 30.2 Å². The molecule has 0 spiro atoms. The van der Waals surface area contributed by atoms with Gasteiger partial charge in [-0.3, -0.25) is 0 Å². The third-order valence-electron chi connectivity index (χ3n) is 3.00. The Balaban J connectivity index is 2.10. The molecule has 0 amide bonds. The lowest BCUT2D eigenvalue weighted by atomic mass is 10.1. The zero-order chi connectivity index (χ0) is 15.5. The quantitative estimate of drug-likeness (QED) is 0.885. The van der Waals surface area contributed by atoms with E-state index in [1.807, 2.05) is 18.2 Å². The summed E-state index contributed by atoms with van der Waals surface area (Å²) in [5.41, 5.74) is 1.51. The van der Waals surface area contributed by atoms with Crippen molar-refractivity contribution in [3.63, 3.8) is 0 Å². The largest absolute Gasteiger partial charge is 0.216 e. The highest BCUT2D eigenvalue weighted by Crippen LogP contribution is 2.26. The molecule has 2 aromatic carbocycles. The summed E-state index contributed by atoms with van der Waals surface area (Å²) in [4.78, 5) is 0. The summed E-state index contributed by atoms with van der Waals surface area (Å²) < 4.78 is 27.0. The van der Waals surface area contributed by atoms with Gasteiger partial charge in [0.15, 0.2) is 0 Å². The average Bonchev–Trinajstić information content (AvgIpc) is 2.41. The molecular formula is C15H15Cl2NO2S. The summed E-state index contributed by atoms with van der Waals surface area (Å²) in [7, 11) is -3.43. The van der Waals surface area contributed by atoms with Crippen molar-refractivity contribution in [2.45, 2.75) is 18.7 Å². The molecule has 0 aliphatic rings. The molecule has 0 fully saturated rings. The zero-order valence-electron chi connectivity index (χ0n) is 11.4. The molecule has 0 saturated carbocycles. The lowest BCUT2D eigenvalue weighted by Crippen LogP contribution is -2.28. The number of halogens is 2. The van der Waals surface area contributed by atoms with Gasteiger partial charge in [0.05, 0.1) is 15.8 Å². The van der Waals surface area contributed by atoms with Crippen LogP contribution in [0.1, 0.15) is 24.1 Å². The van der Waals surface area contributed by atoms with E-state index in [1.54, 1.807) is 37.3 Å². The van der Waals surface area contributed by atoms with Crippen molar-refractivity contribution >= 4 is 33.2 Å². The number of sulfonamides is 1. The molecule has 0 heterocycles. The molecule has 0 bridgehead atoms. The normalized spacial score (nSPS) is 13.1. The molecule has 6 heteroatoms. The molecule has 1 atom stereocenters. The highest BCUT2D eigenvalue weighted by atomic mass is 35.5. The van der Waals surface area contributed by atoms with Gasteiger partial charge in [-0.1, -0.05) is 59.6 Å². The second-order valence-corrected chi connectivity index (χ2v) is 7.33. The Kier molecular flexibility index (Phi) is 5.27. The van der Waals surface area contributed by atoms with Crippen molar-refractivity contribution < 1.29 is 8.42 Å². The molecule has 2 rings (SSSR count). The minimum Gasteiger partial charge on any atom is -0.212 e. The number of rotatable bonds is 5. The first-order chi connectivity index (χ1) is 9.87. The third kappa shape index (κ3) is 4.71. The SMILES string of the molecule is CC(NS(=O)(=O)Cc1ccccc1)c1ccc(Cl)c(Cl)c1. The Bertz CT molecular complexity index is 718. The van der Waals surface area contributed by atoms with Gasteiger partial charge in [-0.2, -0.15) is 0 Å². The predicted octanol–water partition coefficient (Wildman–Crippen LogP) is 4.17. The number of hydrogen-bond donors (Lipinski definition) is 1. The maximum absolute atomic E-state index is 12.2. The van der Waals surface area contributed by atoms with Gasteiger partial charge < -0.3 is 0 Å².